The molecule has 0 saturated carbocycles. The maximum absolute atomic E-state index is 8.87. The molecule has 0 spiro atoms. The second kappa shape index (κ2) is 7.06. The number of hydrogen-bond donors (Lipinski definition) is 0. The first kappa shape index (κ1) is 14.5. The predicted octanol–water partition coefficient (Wildman–Crippen LogP) is 3.01. The third-order valence-electron chi connectivity index (χ3n) is 2.90. The van der Waals surface area contributed by atoms with E-state index >= 15 is 0 Å². The summed E-state index contributed by atoms with van der Waals surface area (Å²) < 4.78 is 1.67. The summed E-state index contributed by atoms with van der Waals surface area (Å²) in [6, 6.07) is 10.4. The van der Waals surface area contributed by atoms with Crippen LogP contribution in [0.25, 0.3) is 5.69 Å². The minimum Gasteiger partial charge on any atom is -0.197 e. The van der Waals surface area contributed by atoms with Crippen LogP contribution in [-0.2, 0) is 6.42 Å². The Kier molecular flexibility index (Phi) is 5.13. The van der Waals surface area contributed by atoms with E-state index in [1.165, 1.54) is 30.2 Å². The number of tetrazole rings is 1. The molecule has 5 nitrogen and oxygen atoms in total. The fourth-order valence-corrected chi connectivity index (χ4v) is 2.48. The lowest BCUT2D eigenvalue weighted by molar-refractivity contribution is 0.753. The highest BCUT2D eigenvalue weighted by Crippen LogP contribution is 2.22. The van der Waals surface area contributed by atoms with Crippen LogP contribution in [0.1, 0.15) is 32.3 Å². The molecule has 20 heavy (non-hydrogen) atoms. The number of unbranched alkanes of at least 4 members (excludes halogenated alkanes) is 1. The van der Waals surface area contributed by atoms with Gasteiger partial charge in [0.25, 0.3) is 0 Å². The number of aromatic nitrogens is 4. The van der Waals surface area contributed by atoms with Gasteiger partial charge in [-0.2, -0.15) is 9.94 Å². The number of thioether (sulfide) groups is 1. The van der Waals surface area contributed by atoms with E-state index in [2.05, 4.69) is 40.7 Å². The highest BCUT2D eigenvalue weighted by atomic mass is 32.2. The van der Waals surface area contributed by atoms with Crippen LogP contribution in [0.3, 0.4) is 0 Å². The molecule has 6 heteroatoms. The summed E-state index contributed by atoms with van der Waals surface area (Å²) >= 11 is 1.36. The topological polar surface area (TPSA) is 67.4 Å². The lowest BCUT2D eigenvalue weighted by Crippen LogP contribution is -2.01. The molecular weight excluding hydrogens is 270 g/mol. The van der Waals surface area contributed by atoms with Crippen molar-refractivity contribution in [3.63, 3.8) is 0 Å². The molecule has 0 radical (unpaired) electrons. The Hall–Kier alpha value is -1.87. The van der Waals surface area contributed by atoms with Crippen molar-refractivity contribution >= 4 is 11.8 Å². The standard InChI is InChI=1S/C14H17N5S/c1-3-4-5-12-6-8-13(9-7-12)19-14(16-17-18-19)20-11(2)10-15/h6-9,11H,3-5H2,1-2H3. The van der Waals surface area contributed by atoms with Gasteiger partial charge in [0.1, 0.15) is 0 Å². The Morgan fingerprint density at radius 1 is 1.35 bits per heavy atom. The van der Waals surface area contributed by atoms with Gasteiger partial charge in [-0.15, -0.1) is 5.10 Å². The molecule has 1 unspecified atom stereocenters. The predicted molar refractivity (Wildman–Crippen MR) is 78.7 cm³/mol. The SMILES string of the molecule is CCCCc1ccc(-n2nnnc2SC(C)C#N)cc1. The molecule has 0 bridgehead atoms. The Morgan fingerprint density at radius 3 is 2.75 bits per heavy atom. The molecule has 1 atom stereocenters. The van der Waals surface area contributed by atoms with E-state index in [0.29, 0.717) is 5.16 Å². The lowest BCUT2D eigenvalue weighted by Gasteiger charge is -2.06. The number of aryl methyl sites for hydroxylation is 1. The molecule has 2 aromatic rings. The van der Waals surface area contributed by atoms with Gasteiger partial charge in [-0.05, 0) is 47.9 Å². The number of rotatable bonds is 6. The molecule has 0 aliphatic rings. The smallest absolute Gasteiger partial charge is 0.197 e. The lowest BCUT2D eigenvalue weighted by atomic mass is 10.1. The molecule has 0 saturated heterocycles. The highest BCUT2D eigenvalue weighted by molar-refractivity contribution is 8.00. The van der Waals surface area contributed by atoms with Crippen molar-refractivity contribution in [1.29, 1.82) is 5.26 Å². The van der Waals surface area contributed by atoms with Crippen molar-refractivity contribution in [2.24, 2.45) is 0 Å². The van der Waals surface area contributed by atoms with Gasteiger partial charge in [0.2, 0.25) is 5.16 Å². The van der Waals surface area contributed by atoms with Crippen LogP contribution in [0.15, 0.2) is 29.4 Å². The summed E-state index contributed by atoms with van der Waals surface area (Å²) in [7, 11) is 0. The van der Waals surface area contributed by atoms with Crippen LogP contribution in [0, 0.1) is 11.3 Å². The zero-order valence-electron chi connectivity index (χ0n) is 11.7. The monoisotopic (exact) mass is 287 g/mol. The Morgan fingerprint density at radius 2 is 2.10 bits per heavy atom. The van der Waals surface area contributed by atoms with Gasteiger partial charge in [0.15, 0.2) is 0 Å². The summed E-state index contributed by atoms with van der Waals surface area (Å²) in [4.78, 5) is 0. The van der Waals surface area contributed by atoms with E-state index in [-0.39, 0.29) is 5.25 Å². The zero-order chi connectivity index (χ0) is 14.4. The van der Waals surface area contributed by atoms with E-state index < -0.39 is 0 Å². The molecule has 2 rings (SSSR count). The van der Waals surface area contributed by atoms with Crippen LogP contribution in [0.4, 0.5) is 0 Å². The first-order valence-corrected chi connectivity index (χ1v) is 7.56. The first-order valence-electron chi connectivity index (χ1n) is 6.68. The van der Waals surface area contributed by atoms with Gasteiger partial charge in [-0.1, -0.05) is 37.2 Å². The third kappa shape index (κ3) is 3.58. The molecule has 1 heterocycles. The molecule has 1 aromatic heterocycles. The minimum atomic E-state index is -0.177. The molecule has 1 aromatic carbocycles. The van der Waals surface area contributed by atoms with E-state index in [9.17, 15) is 0 Å². The molecular formula is C14H17N5S. The van der Waals surface area contributed by atoms with Crippen LogP contribution in [0.2, 0.25) is 0 Å². The van der Waals surface area contributed by atoms with Crippen molar-refractivity contribution in [3.05, 3.63) is 29.8 Å². The summed E-state index contributed by atoms with van der Waals surface area (Å²) in [5.74, 6) is 0. The van der Waals surface area contributed by atoms with Crippen molar-refractivity contribution < 1.29 is 0 Å². The molecule has 0 fully saturated rings. The van der Waals surface area contributed by atoms with Crippen molar-refractivity contribution in [2.75, 3.05) is 0 Å². The van der Waals surface area contributed by atoms with E-state index in [4.69, 9.17) is 5.26 Å². The Labute approximate surface area is 123 Å². The summed E-state index contributed by atoms with van der Waals surface area (Å²) in [5.41, 5.74) is 2.24. The fraction of sp³-hybridized carbons (Fsp3) is 0.429. The molecule has 0 aliphatic heterocycles. The van der Waals surface area contributed by atoms with Gasteiger partial charge < -0.3 is 0 Å². The zero-order valence-corrected chi connectivity index (χ0v) is 12.5. The Balaban J connectivity index is 2.16. The molecule has 0 aliphatic carbocycles. The quantitative estimate of drug-likeness (QED) is 0.764. The van der Waals surface area contributed by atoms with Crippen molar-refractivity contribution in [3.8, 4) is 11.8 Å². The summed E-state index contributed by atoms with van der Waals surface area (Å²) in [6.45, 7) is 4.02. The number of nitrogens with zero attached hydrogens (tertiary/aromatic N) is 5. The first-order chi connectivity index (χ1) is 9.74. The van der Waals surface area contributed by atoms with Gasteiger partial charge >= 0.3 is 0 Å². The second-order valence-corrected chi connectivity index (χ2v) is 5.84. The average molecular weight is 287 g/mol. The van der Waals surface area contributed by atoms with Crippen molar-refractivity contribution in [2.45, 2.75) is 43.5 Å². The fourth-order valence-electron chi connectivity index (χ4n) is 1.78. The number of nitriles is 1. The minimum absolute atomic E-state index is 0.177. The maximum atomic E-state index is 8.87. The normalized spacial score (nSPS) is 12.1. The van der Waals surface area contributed by atoms with Crippen LogP contribution >= 0.6 is 11.8 Å². The Bertz CT molecular complexity index is 584. The second-order valence-electron chi connectivity index (χ2n) is 4.53. The molecule has 104 valence electrons. The van der Waals surface area contributed by atoms with Gasteiger partial charge in [0, 0.05) is 0 Å². The van der Waals surface area contributed by atoms with E-state index in [0.717, 1.165) is 12.1 Å². The highest BCUT2D eigenvalue weighted by Gasteiger charge is 2.12. The van der Waals surface area contributed by atoms with Gasteiger partial charge in [0.05, 0.1) is 17.0 Å². The van der Waals surface area contributed by atoms with E-state index in [1.54, 1.807) is 4.68 Å². The van der Waals surface area contributed by atoms with Crippen molar-refractivity contribution in [1.82, 2.24) is 20.2 Å². The number of hydrogen-bond acceptors (Lipinski definition) is 5. The van der Waals surface area contributed by atoms with Gasteiger partial charge in [-0.3, -0.25) is 0 Å². The summed E-state index contributed by atoms with van der Waals surface area (Å²) in [5, 5.41) is 21.0. The largest absolute Gasteiger partial charge is 0.215 e. The number of benzene rings is 1. The molecule has 0 amide bonds. The molecule has 0 N–H and O–H groups in total. The maximum Gasteiger partial charge on any atom is 0.215 e. The van der Waals surface area contributed by atoms with Crippen LogP contribution < -0.4 is 0 Å². The summed E-state index contributed by atoms with van der Waals surface area (Å²) in [6.07, 6.45) is 3.49. The van der Waals surface area contributed by atoms with Gasteiger partial charge in [-0.25, -0.2) is 0 Å². The average Bonchev–Trinajstić information content (AvgIpc) is 2.93. The van der Waals surface area contributed by atoms with Crippen LogP contribution in [-0.4, -0.2) is 25.5 Å². The van der Waals surface area contributed by atoms with Crippen LogP contribution in [0.5, 0.6) is 0 Å². The van der Waals surface area contributed by atoms with E-state index in [1.807, 2.05) is 19.1 Å². The third-order valence-corrected chi connectivity index (χ3v) is 3.83.